The second-order valence-corrected chi connectivity index (χ2v) is 5.52. The van der Waals surface area contributed by atoms with Crippen molar-refractivity contribution in [3.05, 3.63) is 0 Å². The molecule has 1 atom stereocenters. The number of hydrogen-bond donors (Lipinski definition) is 3. The Bertz CT molecular complexity index is 199. The Morgan fingerprint density at radius 2 is 1.94 bits per heavy atom. The SMILES string of the molecule is CCCCNC(=O)NCC(N)CC(C)(C)C. The Hall–Kier alpha value is -0.770. The monoisotopic (exact) mass is 229 g/mol. The van der Waals surface area contributed by atoms with E-state index in [1.54, 1.807) is 0 Å². The molecule has 4 heteroatoms. The quantitative estimate of drug-likeness (QED) is 0.608. The molecule has 4 nitrogen and oxygen atoms in total. The van der Waals surface area contributed by atoms with Gasteiger partial charge in [-0.15, -0.1) is 0 Å². The first-order valence-electron chi connectivity index (χ1n) is 6.12. The first kappa shape index (κ1) is 15.2. The smallest absolute Gasteiger partial charge is 0.314 e. The first-order valence-corrected chi connectivity index (χ1v) is 6.12. The molecule has 0 radical (unpaired) electrons. The Morgan fingerprint density at radius 3 is 2.44 bits per heavy atom. The lowest BCUT2D eigenvalue weighted by atomic mass is 9.88. The highest BCUT2D eigenvalue weighted by atomic mass is 16.2. The second kappa shape index (κ2) is 7.49. The van der Waals surface area contributed by atoms with E-state index in [0.29, 0.717) is 6.54 Å². The van der Waals surface area contributed by atoms with E-state index in [-0.39, 0.29) is 17.5 Å². The zero-order valence-corrected chi connectivity index (χ0v) is 11.1. The van der Waals surface area contributed by atoms with Gasteiger partial charge in [-0.1, -0.05) is 34.1 Å². The number of carbonyl (C=O) groups is 1. The summed E-state index contributed by atoms with van der Waals surface area (Å²) in [7, 11) is 0. The summed E-state index contributed by atoms with van der Waals surface area (Å²) in [4.78, 5) is 11.3. The molecule has 0 aromatic carbocycles. The summed E-state index contributed by atoms with van der Waals surface area (Å²) in [5.41, 5.74) is 6.13. The van der Waals surface area contributed by atoms with Crippen molar-refractivity contribution in [2.75, 3.05) is 13.1 Å². The van der Waals surface area contributed by atoms with Gasteiger partial charge in [0.05, 0.1) is 0 Å². The summed E-state index contributed by atoms with van der Waals surface area (Å²) in [5, 5.41) is 5.59. The first-order chi connectivity index (χ1) is 7.35. The van der Waals surface area contributed by atoms with Crippen LogP contribution in [-0.4, -0.2) is 25.2 Å². The van der Waals surface area contributed by atoms with Gasteiger partial charge in [-0.05, 0) is 18.3 Å². The highest BCUT2D eigenvalue weighted by molar-refractivity contribution is 5.73. The van der Waals surface area contributed by atoms with Crippen LogP contribution in [0.15, 0.2) is 0 Å². The highest BCUT2D eigenvalue weighted by Gasteiger charge is 2.15. The summed E-state index contributed by atoms with van der Waals surface area (Å²) in [5.74, 6) is 0. The molecule has 16 heavy (non-hydrogen) atoms. The average molecular weight is 229 g/mol. The van der Waals surface area contributed by atoms with Crippen molar-refractivity contribution >= 4 is 6.03 Å². The summed E-state index contributed by atoms with van der Waals surface area (Å²) in [6, 6.07) is -0.0882. The fourth-order valence-corrected chi connectivity index (χ4v) is 1.52. The molecule has 4 N–H and O–H groups in total. The average Bonchev–Trinajstić information content (AvgIpc) is 2.12. The maximum Gasteiger partial charge on any atom is 0.314 e. The molecule has 2 amide bonds. The van der Waals surface area contributed by atoms with Crippen LogP contribution in [0.3, 0.4) is 0 Å². The molecule has 0 heterocycles. The predicted molar refractivity (Wildman–Crippen MR) is 68.4 cm³/mol. The molecule has 0 aliphatic rings. The maximum atomic E-state index is 11.3. The molecule has 0 aromatic rings. The number of urea groups is 1. The normalized spacial score (nSPS) is 13.3. The van der Waals surface area contributed by atoms with Gasteiger partial charge in [0.15, 0.2) is 0 Å². The number of nitrogens with one attached hydrogen (secondary N) is 2. The van der Waals surface area contributed by atoms with Gasteiger partial charge in [0.1, 0.15) is 0 Å². The molecule has 0 rings (SSSR count). The lowest BCUT2D eigenvalue weighted by molar-refractivity contribution is 0.238. The third-order valence-corrected chi connectivity index (χ3v) is 2.22. The Balaban J connectivity index is 3.59. The van der Waals surface area contributed by atoms with Crippen molar-refractivity contribution in [2.45, 2.75) is 53.0 Å². The second-order valence-electron chi connectivity index (χ2n) is 5.52. The molecule has 0 fully saturated rings. The lowest BCUT2D eigenvalue weighted by Crippen LogP contribution is -2.43. The van der Waals surface area contributed by atoms with E-state index in [1.807, 2.05) is 0 Å². The third-order valence-electron chi connectivity index (χ3n) is 2.22. The van der Waals surface area contributed by atoms with Crippen LogP contribution < -0.4 is 16.4 Å². The van der Waals surface area contributed by atoms with Gasteiger partial charge < -0.3 is 16.4 Å². The van der Waals surface area contributed by atoms with Crippen LogP contribution in [0.25, 0.3) is 0 Å². The van der Waals surface area contributed by atoms with Gasteiger partial charge in [-0.3, -0.25) is 0 Å². The number of carbonyl (C=O) groups excluding carboxylic acids is 1. The molecule has 0 aromatic heterocycles. The summed E-state index contributed by atoms with van der Waals surface area (Å²) >= 11 is 0. The minimum Gasteiger partial charge on any atom is -0.338 e. The maximum absolute atomic E-state index is 11.3. The van der Waals surface area contributed by atoms with E-state index in [0.717, 1.165) is 25.8 Å². The van der Waals surface area contributed by atoms with E-state index < -0.39 is 0 Å². The fraction of sp³-hybridized carbons (Fsp3) is 0.917. The van der Waals surface area contributed by atoms with Crippen LogP contribution in [0.1, 0.15) is 47.0 Å². The Labute approximate surface area is 99.4 Å². The predicted octanol–water partition coefficient (Wildman–Crippen LogP) is 1.85. The standard InChI is InChI=1S/C12H27N3O/c1-5-6-7-14-11(16)15-9-10(13)8-12(2,3)4/h10H,5-9,13H2,1-4H3,(H2,14,15,16). The van der Waals surface area contributed by atoms with Gasteiger partial charge in [0.25, 0.3) is 0 Å². The van der Waals surface area contributed by atoms with Gasteiger partial charge in [0.2, 0.25) is 0 Å². The minimum atomic E-state index is -0.113. The molecule has 0 aliphatic carbocycles. The van der Waals surface area contributed by atoms with Crippen LogP contribution in [-0.2, 0) is 0 Å². The van der Waals surface area contributed by atoms with Gasteiger partial charge in [-0.25, -0.2) is 4.79 Å². The van der Waals surface area contributed by atoms with E-state index >= 15 is 0 Å². The number of unbranched alkanes of at least 4 members (excludes halogenated alkanes) is 1. The van der Waals surface area contributed by atoms with Crippen LogP contribution in [0.4, 0.5) is 4.79 Å². The van der Waals surface area contributed by atoms with Gasteiger partial charge in [-0.2, -0.15) is 0 Å². The number of nitrogens with two attached hydrogens (primary N) is 1. The van der Waals surface area contributed by atoms with Crippen molar-refractivity contribution in [3.8, 4) is 0 Å². The third kappa shape index (κ3) is 9.77. The van der Waals surface area contributed by atoms with Crippen LogP contribution >= 0.6 is 0 Å². The molecule has 96 valence electrons. The van der Waals surface area contributed by atoms with E-state index in [2.05, 4.69) is 38.3 Å². The Kier molecular flexibility index (Phi) is 7.13. The van der Waals surface area contributed by atoms with Crippen molar-refractivity contribution in [1.29, 1.82) is 0 Å². The summed E-state index contributed by atoms with van der Waals surface area (Å²) < 4.78 is 0. The Morgan fingerprint density at radius 1 is 1.31 bits per heavy atom. The molecular formula is C12H27N3O. The lowest BCUT2D eigenvalue weighted by Gasteiger charge is -2.23. The molecule has 0 bridgehead atoms. The minimum absolute atomic E-state index is 0.0249. The zero-order chi connectivity index (χ0) is 12.6. The molecule has 0 spiro atoms. The van der Waals surface area contributed by atoms with E-state index in [1.165, 1.54) is 0 Å². The number of rotatable bonds is 6. The van der Waals surface area contributed by atoms with Gasteiger partial charge in [0, 0.05) is 19.1 Å². The van der Waals surface area contributed by atoms with Crippen LogP contribution in [0.5, 0.6) is 0 Å². The van der Waals surface area contributed by atoms with Crippen molar-refractivity contribution in [2.24, 2.45) is 11.1 Å². The molecule has 0 aliphatic heterocycles. The molecule has 1 unspecified atom stereocenters. The van der Waals surface area contributed by atoms with E-state index in [9.17, 15) is 4.79 Å². The fourth-order valence-electron chi connectivity index (χ4n) is 1.52. The number of amides is 2. The molecule has 0 saturated heterocycles. The van der Waals surface area contributed by atoms with Crippen LogP contribution in [0, 0.1) is 5.41 Å². The largest absolute Gasteiger partial charge is 0.338 e. The highest BCUT2D eigenvalue weighted by Crippen LogP contribution is 2.19. The van der Waals surface area contributed by atoms with Crippen LogP contribution in [0.2, 0.25) is 0 Å². The molecule has 0 saturated carbocycles. The van der Waals surface area contributed by atoms with Crippen molar-refractivity contribution in [3.63, 3.8) is 0 Å². The van der Waals surface area contributed by atoms with E-state index in [4.69, 9.17) is 5.73 Å². The topological polar surface area (TPSA) is 67.2 Å². The van der Waals surface area contributed by atoms with Crippen molar-refractivity contribution in [1.82, 2.24) is 10.6 Å². The van der Waals surface area contributed by atoms with Gasteiger partial charge >= 0.3 is 6.03 Å². The summed E-state index contributed by atoms with van der Waals surface area (Å²) in [6.07, 6.45) is 3.01. The summed E-state index contributed by atoms with van der Waals surface area (Å²) in [6.45, 7) is 9.81. The zero-order valence-electron chi connectivity index (χ0n) is 11.1. The van der Waals surface area contributed by atoms with Crippen molar-refractivity contribution < 1.29 is 4.79 Å². The number of hydrogen-bond acceptors (Lipinski definition) is 2. The molecular weight excluding hydrogens is 202 g/mol.